The van der Waals surface area contributed by atoms with Crippen molar-refractivity contribution < 1.29 is 5.11 Å². The third kappa shape index (κ3) is 4.81. The average Bonchev–Trinajstić information content (AvgIpc) is 3.00. The number of anilines is 1. The van der Waals surface area contributed by atoms with Crippen LogP contribution in [0.2, 0.25) is 0 Å². The number of rotatable bonds is 5. The molecule has 0 unspecified atom stereocenters. The van der Waals surface area contributed by atoms with E-state index >= 15 is 0 Å². The van der Waals surface area contributed by atoms with Crippen LogP contribution in [0.25, 0.3) is 10.2 Å². The van der Waals surface area contributed by atoms with Crippen LogP contribution >= 0.6 is 11.3 Å². The summed E-state index contributed by atoms with van der Waals surface area (Å²) in [5, 5.41) is 15.2. The van der Waals surface area contributed by atoms with Crippen LogP contribution in [-0.4, -0.2) is 27.2 Å². The van der Waals surface area contributed by atoms with Gasteiger partial charge in [0, 0.05) is 11.9 Å². The first-order valence-corrected chi connectivity index (χ1v) is 9.57. The number of thiophene rings is 1. The van der Waals surface area contributed by atoms with Crippen LogP contribution in [0.3, 0.4) is 0 Å². The number of aryl methyl sites for hydroxylation is 2. The van der Waals surface area contributed by atoms with Crippen LogP contribution in [0.1, 0.15) is 37.0 Å². The molecule has 0 fully saturated rings. The monoisotopic (exact) mass is 365 g/mol. The van der Waals surface area contributed by atoms with Gasteiger partial charge in [0.1, 0.15) is 23.3 Å². The van der Waals surface area contributed by atoms with Crippen molar-refractivity contribution in [3.8, 4) is 11.8 Å². The first kappa shape index (κ1) is 18.4. The minimum Gasteiger partial charge on any atom is -0.378 e. The Balaban J connectivity index is 1.67. The highest BCUT2D eigenvalue weighted by molar-refractivity contribution is 7.18. The van der Waals surface area contributed by atoms with Crippen LogP contribution in [-0.2, 0) is 6.42 Å². The maximum Gasteiger partial charge on any atom is 0.147 e. The zero-order valence-electron chi connectivity index (χ0n) is 15.3. The maximum atomic E-state index is 9.78. The fourth-order valence-electron chi connectivity index (χ4n) is 2.65. The van der Waals surface area contributed by atoms with Crippen molar-refractivity contribution >= 4 is 27.4 Å². The fraction of sp³-hybridized carbons (Fsp3) is 0.333. The van der Waals surface area contributed by atoms with Gasteiger partial charge in [-0.2, -0.15) is 0 Å². The highest BCUT2D eigenvalue weighted by atomic mass is 32.1. The van der Waals surface area contributed by atoms with Crippen molar-refractivity contribution in [3.63, 3.8) is 0 Å². The van der Waals surface area contributed by atoms with E-state index in [-0.39, 0.29) is 0 Å². The van der Waals surface area contributed by atoms with Crippen LogP contribution in [0.5, 0.6) is 0 Å². The van der Waals surface area contributed by atoms with Crippen LogP contribution < -0.4 is 5.32 Å². The van der Waals surface area contributed by atoms with E-state index in [2.05, 4.69) is 58.3 Å². The third-order valence-corrected chi connectivity index (χ3v) is 4.85. The summed E-state index contributed by atoms with van der Waals surface area (Å²) in [6.07, 6.45) is 3.63. The van der Waals surface area contributed by atoms with Crippen molar-refractivity contribution in [1.29, 1.82) is 0 Å². The number of hydrogen-bond donors (Lipinski definition) is 2. The molecule has 0 bridgehead atoms. The first-order chi connectivity index (χ1) is 12.4. The van der Waals surface area contributed by atoms with Crippen molar-refractivity contribution in [2.24, 2.45) is 0 Å². The number of hydrogen-bond acceptors (Lipinski definition) is 5. The third-order valence-electron chi connectivity index (χ3n) is 3.87. The zero-order valence-corrected chi connectivity index (χ0v) is 16.2. The van der Waals surface area contributed by atoms with Gasteiger partial charge in [-0.05, 0) is 39.2 Å². The summed E-state index contributed by atoms with van der Waals surface area (Å²) in [7, 11) is 0. The van der Waals surface area contributed by atoms with Gasteiger partial charge in [0.05, 0.1) is 10.3 Å². The van der Waals surface area contributed by atoms with Crippen molar-refractivity contribution in [1.82, 2.24) is 9.97 Å². The predicted octanol–water partition coefficient (Wildman–Crippen LogP) is 4.17. The van der Waals surface area contributed by atoms with Crippen molar-refractivity contribution in [3.05, 3.63) is 52.7 Å². The topological polar surface area (TPSA) is 58.0 Å². The van der Waals surface area contributed by atoms with Gasteiger partial charge < -0.3 is 10.4 Å². The normalized spacial score (nSPS) is 11.2. The van der Waals surface area contributed by atoms with E-state index in [1.807, 2.05) is 5.38 Å². The molecule has 0 radical (unpaired) electrons. The molecule has 0 amide bonds. The Hall–Kier alpha value is -2.42. The van der Waals surface area contributed by atoms with Crippen LogP contribution in [0.15, 0.2) is 36.0 Å². The van der Waals surface area contributed by atoms with Gasteiger partial charge >= 0.3 is 0 Å². The number of fused-ring (bicyclic) bond motifs is 1. The number of nitrogens with zero attached hydrogens (tertiary/aromatic N) is 2. The summed E-state index contributed by atoms with van der Waals surface area (Å²) in [6.45, 7) is 6.31. The van der Waals surface area contributed by atoms with Crippen LogP contribution in [0, 0.1) is 18.8 Å². The second-order valence-corrected chi connectivity index (χ2v) is 7.76. The highest BCUT2D eigenvalue weighted by Crippen LogP contribution is 2.28. The second kappa shape index (κ2) is 7.86. The Morgan fingerprint density at radius 2 is 2.12 bits per heavy atom. The molecule has 4 nitrogen and oxygen atoms in total. The van der Waals surface area contributed by atoms with Gasteiger partial charge in [-0.1, -0.05) is 41.7 Å². The molecular formula is C21H23N3OS. The quantitative estimate of drug-likeness (QED) is 0.526. The SMILES string of the molecule is Cc1cccc(CCCNc2ncnc3c(C#CC(C)(C)O)csc23)c1. The van der Waals surface area contributed by atoms with Gasteiger partial charge in [-0.3, -0.25) is 0 Å². The van der Waals surface area contributed by atoms with E-state index in [4.69, 9.17) is 0 Å². The smallest absolute Gasteiger partial charge is 0.147 e. The van der Waals surface area contributed by atoms with Gasteiger partial charge in [-0.25, -0.2) is 9.97 Å². The molecule has 1 aromatic carbocycles. The van der Waals surface area contributed by atoms with Gasteiger partial charge in [-0.15, -0.1) is 11.3 Å². The second-order valence-electron chi connectivity index (χ2n) is 6.88. The summed E-state index contributed by atoms with van der Waals surface area (Å²) < 4.78 is 1.00. The molecule has 0 saturated carbocycles. The lowest BCUT2D eigenvalue weighted by Gasteiger charge is -2.07. The first-order valence-electron chi connectivity index (χ1n) is 8.69. The van der Waals surface area contributed by atoms with E-state index in [1.165, 1.54) is 11.1 Å². The Kier molecular flexibility index (Phi) is 5.55. The lowest BCUT2D eigenvalue weighted by atomic mass is 10.1. The molecule has 0 atom stereocenters. The van der Waals surface area contributed by atoms with E-state index in [9.17, 15) is 5.11 Å². The van der Waals surface area contributed by atoms with Gasteiger partial charge in [0.15, 0.2) is 0 Å². The summed E-state index contributed by atoms with van der Waals surface area (Å²) in [6, 6.07) is 8.63. The molecule has 3 rings (SSSR count). The Labute approximate surface area is 158 Å². The molecule has 0 spiro atoms. The molecule has 0 aliphatic carbocycles. The molecule has 2 N–H and O–H groups in total. The standard InChI is InChI=1S/C21H23N3OS/c1-15-6-4-7-16(12-15)8-5-11-22-20-19-18(23-14-24-20)17(13-26-19)9-10-21(2,3)25/h4,6-7,12-14,25H,5,8,11H2,1-3H3,(H,22,23,24). The van der Waals surface area contributed by atoms with Crippen molar-refractivity contribution in [2.75, 3.05) is 11.9 Å². The molecule has 26 heavy (non-hydrogen) atoms. The minimum absolute atomic E-state index is 0.831. The lowest BCUT2D eigenvalue weighted by molar-refractivity contribution is 0.143. The minimum atomic E-state index is -1.02. The molecule has 2 heterocycles. The molecule has 0 aliphatic heterocycles. The number of aromatic nitrogens is 2. The number of benzene rings is 1. The maximum absolute atomic E-state index is 9.78. The lowest BCUT2D eigenvalue weighted by Crippen LogP contribution is -2.14. The van der Waals surface area contributed by atoms with Gasteiger partial charge in [0.2, 0.25) is 0 Å². The van der Waals surface area contributed by atoms with E-state index in [0.29, 0.717) is 0 Å². The molecule has 0 aliphatic rings. The summed E-state index contributed by atoms with van der Waals surface area (Å²) in [4.78, 5) is 8.74. The molecular weight excluding hydrogens is 342 g/mol. The molecule has 0 saturated heterocycles. The molecule has 2 aromatic heterocycles. The summed E-state index contributed by atoms with van der Waals surface area (Å²) >= 11 is 1.58. The highest BCUT2D eigenvalue weighted by Gasteiger charge is 2.11. The molecule has 134 valence electrons. The van der Waals surface area contributed by atoms with E-state index in [1.54, 1.807) is 31.5 Å². The Bertz CT molecular complexity index is 961. The van der Waals surface area contributed by atoms with Crippen molar-refractivity contribution in [2.45, 2.75) is 39.2 Å². The largest absolute Gasteiger partial charge is 0.378 e. The zero-order chi connectivity index (χ0) is 18.6. The summed E-state index contributed by atoms with van der Waals surface area (Å²) in [5.74, 6) is 6.71. The molecule has 5 heteroatoms. The van der Waals surface area contributed by atoms with E-state index in [0.717, 1.165) is 41.0 Å². The number of aliphatic hydroxyl groups is 1. The predicted molar refractivity (Wildman–Crippen MR) is 109 cm³/mol. The Morgan fingerprint density at radius 3 is 2.88 bits per heavy atom. The fourth-order valence-corrected chi connectivity index (χ4v) is 3.57. The Morgan fingerprint density at radius 1 is 1.27 bits per heavy atom. The average molecular weight is 366 g/mol. The summed E-state index contributed by atoms with van der Waals surface area (Å²) in [5.41, 5.74) is 3.31. The molecule has 3 aromatic rings. The van der Waals surface area contributed by atoms with E-state index < -0.39 is 5.60 Å². The van der Waals surface area contributed by atoms with Crippen LogP contribution in [0.4, 0.5) is 5.82 Å². The van der Waals surface area contributed by atoms with Gasteiger partial charge in [0.25, 0.3) is 0 Å². The number of nitrogens with one attached hydrogen (secondary N) is 1.